The molecule has 0 fully saturated rings. The summed E-state index contributed by atoms with van der Waals surface area (Å²) in [7, 11) is 0. The van der Waals surface area contributed by atoms with E-state index in [1.165, 1.54) is 42.5 Å². The van der Waals surface area contributed by atoms with Gasteiger partial charge in [-0.3, -0.25) is 0 Å². The number of aromatic carboxylic acids is 2. The minimum absolute atomic E-state index is 0.0213. The molecule has 0 unspecified atom stereocenters. The van der Waals surface area contributed by atoms with Gasteiger partial charge in [-0.2, -0.15) is 0 Å². The number of carbonyl (C=O) groups is 3. The fourth-order valence-electron chi connectivity index (χ4n) is 2.79. The molecule has 0 aromatic heterocycles. The van der Waals surface area contributed by atoms with Crippen LogP contribution in [0.15, 0.2) is 60.7 Å². The fraction of sp³-hybridized carbons (Fsp3) is 0.0455. The van der Waals surface area contributed by atoms with Gasteiger partial charge in [-0.05, 0) is 35.4 Å². The second kappa shape index (κ2) is 9.19. The third-order valence-corrected chi connectivity index (χ3v) is 4.69. The van der Waals surface area contributed by atoms with Gasteiger partial charge in [-0.1, -0.05) is 48.0 Å². The number of carbonyl (C=O) groups excluding carboxylic acids is 1. The highest BCUT2D eigenvalue weighted by molar-refractivity contribution is 6.33. The molecule has 0 bridgehead atoms. The summed E-state index contributed by atoms with van der Waals surface area (Å²) < 4.78 is 10.00. The molecule has 0 atom stereocenters. The van der Waals surface area contributed by atoms with E-state index in [1.54, 1.807) is 18.2 Å². The molecule has 9 heteroatoms. The number of hydrogen-bond donors (Lipinski definition) is 3. The van der Waals surface area contributed by atoms with Crippen LogP contribution in [-0.2, 0) is 6.42 Å². The molecular weight excluding hydrogens is 428 g/mol. The van der Waals surface area contributed by atoms with Crippen LogP contribution in [0.25, 0.3) is 0 Å². The van der Waals surface area contributed by atoms with Crippen molar-refractivity contribution in [1.82, 2.24) is 0 Å². The lowest BCUT2D eigenvalue weighted by atomic mass is 10.0. The highest BCUT2D eigenvalue weighted by atomic mass is 35.5. The molecule has 0 heterocycles. The normalized spacial score (nSPS) is 10.4. The lowest BCUT2D eigenvalue weighted by Crippen LogP contribution is -2.18. The summed E-state index contributed by atoms with van der Waals surface area (Å²) in [5.74, 6) is -3.44. The van der Waals surface area contributed by atoms with E-state index in [0.717, 1.165) is 0 Å². The number of benzene rings is 3. The maximum Gasteiger partial charge on any atom is 0.519 e. The Kier molecular flexibility index (Phi) is 6.42. The molecule has 0 aliphatic heterocycles. The van der Waals surface area contributed by atoms with E-state index in [9.17, 15) is 29.7 Å². The quantitative estimate of drug-likeness (QED) is 0.372. The minimum atomic E-state index is -1.40. The lowest BCUT2D eigenvalue weighted by molar-refractivity contribution is 0.0684. The second-order valence-corrected chi connectivity index (χ2v) is 6.66. The number of ether oxygens (including phenoxy) is 2. The van der Waals surface area contributed by atoms with Crippen molar-refractivity contribution in [3.8, 4) is 17.2 Å². The van der Waals surface area contributed by atoms with Crippen molar-refractivity contribution in [2.45, 2.75) is 6.42 Å². The van der Waals surface area contributed by atoms with E-state index < -0.39 is 29.4 Å². The summed E-state index contributed by atoms with van der Waals surface area (Å²) in [5.41, 5.74) is 0.241. The summed E-state index contributed by atoms with van der Waals surface area (Å²) in [4.78, 5) is 35.1. The predicted octanol–water partition coefficient (Wildman–Crippen LogP) is 4.61. The van der Waals surface area contributed by atoms with Crippen molar-refractivity contribution in [3.63, 3.8) is 0 Å². The van der Waals surface area contributed by atoms with E-state index in [1.807, 2.05) is 0 Å². The zero-order valence-corrected chi connectivity index (χ0v) is 16.5. The van der Waals surface area contributed by atoms with Crippen molar-refractivity contribution < 1.29 is 39.2 Å². The van der Waals surface area contributed by atoms with Gasteiger partial charge in [0.25, 0.3) is 0 Å². The average Bonchev–Trinajstić information content (AvgIpc) is 2.72. The van der Waals surface area contributed by atoms with Crippen LogP contribution in [0.5, 0.6) is 17.2 Å². The van der Waals surface area contributed by atoms with Gasteiger partial charge in [0.1, 0.15) is 22.6 Å². The molecule has 0 radical (unpaired) electrons. The van der Waals surface area contributed by atoms with Gasteiger partial charge in [-0.15, -0.1) is 0 Å². The Morgan fingerprint density at radius 1 is 0.774 bits per heavy atom. The van der Waals surface area contributed by atoms with Gasteiger partial charge in [0.15, 0.2) is 5.75 Å². The number of rotatable bonds is 6. The molecule has 0 saturated carbocycles. The Hall–Kier alpha value is -4.04. The molecule has 3 aromatic carbocycles. The van der Waals surface area contributed by atoms with Crippen LogP contribution in [0.4, 0.5) is 4.79 Å². The first kappa shape index (κ1) is 21.7. The van der Waals surface area contributed by atoms with E-state index >= 15 is 0 Å². The molecule has 0 saturated heterocycles. The van der Waals surface area contributed by atoms with Crippen molar-refractivity contribution in [2.75, 3.05) is 0 Å². The first-order chi connectivity index (χ1) is 14.8. The third-order valence-electron chi connectivity index (χ3n) is 4.28. The van der Waals surface area contributed by atoms with Crippen LogP contribution in [0.1, 0.15) is 31.8 Å². The zero-order chi connectivity index (χ0) is 22.5. The molecule has 31 heavy (non-hydrogen) atoms. The summed E-state index contributed by atoms with van der Waals surface area (Å²) in [6.45, 7) is 0. The molecule has 0 spiro atoms. The Balaban J connectivity index is 1.92. The van der Waals surface area contributed by atoms with Gasteiger partial charge in [0.2, 0.25) is 0 Å². The van der Waals surface area contributed by atoms with Crippen molar-refractivity contribution >= 4 is 29.7 Å². The number of carboxylic acids is 2. The SMILES string of the molecule is O=C(Oc1ccccc1C(=O)O)Oc1c(C(=O)O)ccc(Cc2ccccc2O)c1Cl. The molecule has 0 aliphatic carbocycles. The number of carboxylic acid groups (broad SMARTS) is 2. The molecular formula is C22H15ClO8. The highest BCUT2D eigenvalue weighted by Crippen LogP contribution is 2.35. The molecule has 3 N–H and O–H groups in total. The lowest BCUT2D eigenvalue weighted by Gasteiger charge is -2.14. The number of halogens is 1. The maximum atomic E-state index is 12.3. The first-order valence-electron chi connectivity index (χ1n) is 8.81. The van der Waals surface area contributed by atoms with Crippen LogP contribution < -0.4 is 9.47 Å². The Bertz CT molecular complexity index is 1170. The topological polar surface area (TPSA) is 130 Å². The van der Waals surface area contributed by atoms with Gasteiger partial charge >= 0.3 is 18.1 Å². The average molecular weight is 443 g/mol. The number of phenolic OH excluding ortho intramolecular Hbond substituents is 1. The molecule has 8 nitrogen and oxygen atoms in total. The van der Waals surface area contributed by atoms with Crippen molar-refractivity contribution in [1.29, 1.82) is 0 Å². The predicted molar refractivity (Wildman–Crippen MR) is 109 cm³/mol. The summed E-state index contributed by atoms with van der Waals surface area (Å²) in [5, 5.41) is 28.4. The Morgan fingerprint density at radius 3 is 2.10 bits per heavy atom. The van der Waals surface area contributed by atoms with E-state index in [4.69, 9.17) is 21.1 Å². The summed E-state index contributed by atoms with van der Waals surface area (Å²) in [6, 6.07) is 14.5. The van der Waals surface area contributed by atoms with Crippen molar-refractivity contribution in [2.24, 2.45) is 0 Å². The first-order valence-corrected chi connectivity index (χ1v) is 9.19. The van der Waals surface area contributed by atoms with E-state index in [0.29, 0.717) is 11.1 Å². The molecule has 158 valence electrons. The third kappa shape index (κ3) is 4.93. The van der Waals surface area contributed by atoms with Gasteiger partial charge < -0.3 is 24.8 Å². The Labute approximate surface area is 180 Å². The van der Waals surface area contributed by atoms with Gasteiger partial charge in [0.05, 0.1) is 5.02 Å². The largest absolute Gasteiger partial charge is 0.519 e. The summed E-state index contributed by atoms with van der Waals surface area (Å²) >= 11 is 6.32. The number of phenols is 1. The van der Waals surface area contributed by atoms with Crippen LogP contribution in [0, 0.1) is 0 Å². The maximum absolute atomic E-state index is 12.3. The second-order valence-electron chi connectivity index (χ2n) is 6.28. The zero-order valence-electron chi connectivity index (χ0n) is 15.7. The standard InChI is InChI=1S/C22H15ClO8/c23-18-13(11-12-5-1-3-7-16(12)24)9-10-15(21(27)28)19(18)31-22(29)30-17-8-4-2-6-14(17)20(25)26/h1-10,24H,11H2,(H,25,26)(H,27,28). The Morgan fingerprint density at radius 2 is 1.42 bits per heavy atom. The molecule has 0 aliphatic rings. The number of para-hydroxylation sites is 2. The van der Waals surface area contributed by atoms with Crippen LogP contribution in [0.3, 0.4) is 0 Å². The fourth-order valence-corrected chi connectivity index (χ4v) is 3.06. The molecule has 3 aromatic rings. The van der Waals surface area contributed by atoms with Crippen LogP contribution >= 0.6 is 11.6 Å². The molecule has 3 rings (SSSR count). The minimum Gasteiger partial charge on any atom is -0.508 e. The highest BCUT2D eigenvalue weighted by Gasteiger charge is 2.23. The smallest absolute Gasteiger partial charge is 0.508 e. The van der Waals surface area contributed by atoms with E-state index in [-0.39, 0.29) is 28.5 Å². The van der Waals surface area contributed by atoms with Crippen LogP contribution in [0.2, 0.25) is 5.02 Å². The number of aromatic hydroxyl groups is 1. The number of hydrogen-bond acceptors (Lipinski definition) is 6. The van der Waals surface area contributed by atoms with Gasteiger partial charge in [0, 0.05) is 6.42 Å². The molecule has 0 amide bonds. The van der Waals surface area contributed by atoms with Gasteiger partial charge in [-0.25, -0.2) is 14.4 Å². The van der Waals surface area contributed by atoms with E-state index in [2.05, 4.69) is 0 Å². The summed E-state index contributed by atoms with van der Waals surface area (Å²) in [6.07, 6.45) is -1.23. The van der Waals surface area contributed by atoms with Crippen LogP contribution in [-0.4, -0.2) is 33.4 Å². The monoisotopic (exact) mass is 442 g/mol. The van der Waals surface area contributed by atoms with Crippen molar-refractivity contribution in [3.05, 3.63) is 87.9 Å².